The van der Waals surface area contributed by atoms with Gasteiger partial charge >= 0.3 is 5.97 Å². The molecular weight excluding hydrogens is 426 g/mol. The summed E-state index contributed by atoms with van der Waals surface area (Å²) in [4.78, 5) is 25.2. The van der Waals surface area contributed by atoms with Crippen molar-refractivity contribution in [1.29, 1.82) is 0 Å². The second-order valence-electron chi connectivity index (χ2n) is 8.18. The zero-order valence-electron chi connectivity index (χ0n) is 18.0. The van der Waals surface area contributed by atoms with E-state index in [2.05, 4.69) is 10.3 Å². The highest BCUT2D eigenvalue weighted by Gasteiger charge is 2.20. The molecule has 2 atom stereocenters. The van der Waals surface area contributed by atoms with Crippen LogP contribution in [0.1, 0.15) is 28.0 Å². The van der Waals surface area contributed by atoms with Gasteiger partial charge in [0.25, 0.3) is 5.91 Å². The number of aliphatic hydroxyl groups is 1. The fraction of sp³-hybridized carbons (Fsp3) is 0.333. The maximum atomic E-state index is 11.4. The zero-order valence-corrected chi connectivity index (χ0v) is 18.0. The molecule has 0 aliphatic carbocycles. The van der Waals surface area contributed by atoms with Crippen molar-refractivity contribution in [2.24, 2.45) is 5.73 Å². The van der Waals surface area contributed by atoms with E-state index < -0.39 is 18.0 Å². The molecule has 9 nitrogen and oxygen atoms in total. The molecule has 0 saturated heterocycles. The number of hydrogen-bond donors (Lipinski definition) is 5. The molecule has 2 aromatic carbocycles. The third-order valence-electron chi connectivity index (χ3n) is 5.58. The van der Waals surface area contributed by atoms with Crippen LogP contribution in [-0.2, 0) is 17.6 Å². The number of amides is 1. The molecule has 0 spiro atoms. The number of fused-ring (bicyclic) bond motifs is 2. The van der Waals surface area contributed by atoms with Gasteiger partial charge in [-0.1, -0.05) is 18.2 Å². The number of ether oxygens (including phenoxy) is 2. The van der Waals surface area contributed by atoms with Crippen molar-refractivity contribution >= 4 is 22.8 Å². The fourth-order valence-electron chi connectivity index (χ4n) is 3.97. The number of aliphatic hydroxyl groups excluding tert-OH is 1. The maximum absolute atomic E-state index is 11.4. The van der Waals surface area contributed by atoms with Crippen LogP contribution >= 0.6 is 0 Å². The normalized spacial score (nSPS) is 16.1. The number of aryl methyl sites for hydroxylation is 1. The highest BCUT2D eigenvalue weighted by atomic mass is 16.5. The van der Waals surface area contributed by atoms with Crippen molar-refractivity contribution in [1.82, 2.24) is 10.3 Å². The zero-order chi connectivity index (χ0) is 23.4. The molecule has 0 bridgehead atoms. The first-order valence-electron chi connectivity index (χ1n) is 10.8. The predicted octanol–water partition coefficient (Wildman–Crippen LogP) is 1.62. The number of hydrogen-bond acceptors (Lipinski definition) is 6. The average molecular weight is 453 g/mol. The lowest BCUT2D eigenvalue weighted by Crippen LogP contribution is -2.39. The lowest BCUT2D eigenvalue weighted by molar-refractivity contribution is -0.136. The number of nitrogens with one attached hydrogen (secondary N) is 2. The van der Waals surface area contributed by atoms with Gasteiger partial charge in [-0.05, 0) is 48.2 Å². The topological polar surface area (TPSA) is 147 Å². The van der Waals surface area contributed by atoms with Crippen LogP contribution in [-0.4, -0.2) is 59.0 Å². The Bertz CT molecular complexity index is 1160. The molecule has 4 rings (SSSR count). The molecular formula is C24H27N3O6. The van der Waals surface area contributed by atoms with Gasteiger partial charge in [-0.2, -0.15) is 0 Å². The SMILES string of the molecule is NC(=O)c1cc2c(OCC(O)CNC[C@H]3CCc4cc(CC(=O)O)ccc4O3)cccc2[nH]1. The lowest BCUT2D eigenvalue weighted by Gasteiger charge is -2.27. The van der Waals surface area contributed by atoms with Crippen LogP contribution in [0.3, 0.4) is 0 Å². The van der Waals surface area contributed by atoms with Gasteiger partial charge in [0.15, 0.2) is 0 Å². The summed E-state index contributed by atoms with van der Waals surface area (Å²) in [6.07, 6.45) is 0.861. The fourth-order valence-corrected chi connectivity index (χ4v) is 3.97. The number of H-pyrrole nitrogens is 1. The molecule has 1 unspecified atom stereocenters. The van der Waals surface area contributed by atoms with Gasteiger partial charge in [0.05, 0.1) is 6.42 Å². The quantitative estimate of drug-likeness (QED) is 0.313. The number of carbonyl (C=O) groups is 2. The highest BCUT2D eigenvalue weighted by molar-refractivity contribution is 5.98. The second-order valence-corrected chi connectivity index (χ2v) is 8.18. The molecule has 1 aliphatic rings. The number of aromatic nitrogens is 1. The third kappa shape index (κ3) is 5.63. The van der Waals surface area contributed by atoms with E-state index in [4.69, 9.17) is 20.3 Å². The van der Waals surface area contributed by atoms with Gasteiger partial charge in [-0.3, -0.25) is 9.59 Å². The van der Waals surface area contributed by atoms with E-state index in [1.807, 2.05) is 18.2 Å². The first kappa shape index (κ1) is 22.6. The number of aliphatic carboxylic acids is 1. The summed E-state index contributed by atoms with van der Waals surface area (Å²) in [6.45, 7) is 0.993. The van der Waals surface area contributed by atoms with Gasteiger partial charge in [0.1, 0.15) is 36.0 Å². The number of carbonyl (C=O) groups excluding carboxylic acids is 1. The molecule has 1 aromatic heterocycles. The van der Waals surface area contributed by atoms with E-state index in [9.17, 15) is 14.7 Å². The van der Waals surface area contributed by atoms with E-state index in [0.717, 1.165) is 40.6 Å². The van der Waals surface area contributed by atoms with E-state index >= 15 is 0 Å². The second kappa shape index (κ2) is 9.93. The lowest BCUT2D eigenvalue weighted by atomic mass is 9.99. The number of nitrogens with two attached hydrogens (primary N) is 1. The van der Waals surface area contributed by atoms with Crippen LogP contribution in [0.25, 0.3) is 10.9 Å². The average Bonchev–Trinajstić information content (AvgIpc) is 3.23. The minimum absolute atomic E-state index is 0.00309. The molecule has 0 saturated carbocycles. The molecule has 1 amide bonds. The monoisotopic (exact) mass is 453 g/mol. The van der Waals surface area contributed by atoms with Crippen LogP contribution in [0.4, 0.5) is 0 Å². The van der Waals surface area contributed by atoms with E-state index in [0.29, 0.717) is 24.5 Å². The largest absolute Gasteiger partial charge is 0.490 e. The summed E-state index contributed by atoms with van der Waals surface area (Å²) < 4.78 is 11.8. The minimum atomic E-state index is -0.850. The Morgan fingerprint density at radius 1 is 1.27 bits per heavy atom. The van der Waals surface area contributed by atoms with Crippen molar-refractivity contribution in [3.8, 4) is 11.5 Å². The summed E-state index contributed by atoms with van der Waals surface area (Å²) in [7, 11) is 0. The Labute approximate surface area is 190 Å². The number of rotatable bonds is 10. The molecule has 6 N–H and O–H groups in total. The summed E-state index contributed by atoms with van der Waals surface area (Å²) in [6, 6.07) is 12.5. The van der Waals surface area contributed by atoms with Gasteiger partial charge in [0, 0.05) is 24.0 Å². The Morgan fingerprint density at radius 3 is 2.91 bits per heavy atom. The standard InChI is InChI=1S/C24H27N3O6/c25-24(31)20-10-18-19(27-20)2-1-3-22(18)32-13-16(28)11-26-12-17-6-5-15-8-14(9-23(29)30)4-7-21(15)33-17/h1-4,7-8,10,16-17,26-28H,5-6,9,11-13H2,(H2,25,31)(H,29,30)/t16?,17-/m1/s1. The smallest absolute Gasteiger partial charge is 0.307 e. The van der Waals surface area contributed by atoms with Gasteiger partial charge < -0.3 is 35.7 Å². The third-order valence-corrected chi connectivity index (χ3v) is 5.58. The molecule has 9 heteroatoms. The van der Waals surface area contributed by atoms with E-state index in [1.54, 1.807) is 24.3 Å². The van der Waals surface area contributed by atoms with Crippen molar-refractivity contribution < 1.29 is 29.3 Å². The number of aromatic amines is 1. The summed E-state index contributed by atoms with van der Waals surface area (Å²) in [5.41, 5.74) is 8.16. The number of benzene rings is 2. The van der Waals surface area contributed by atoms with E-state index in [-0.39, 0.29) is 19.1 Å². The Kier molecular flexibility index (Phi) is 6.81. The molecule has 174 valence electrons. The van der Waals surface area contributed by atoms with Gasteiger partial charge in [-0.25, -0.2) is 0 Å². The summed E-state index contributed by atoms with van der Waals surface area (Å²) >= 11 is 0. The number of carboxylic acids is 1. The van der Waals surface area contributed by atoms with Crippen LogP contribution in [0, 0.1) is 0 Å². The Balaban J connectivity index is 1.23. The van der Waals surface area contributed by atoms with Crippen LogP contribution in [0.15, 0.2) is 42.5 Å². The van der Waals surface area contributed by atoms with E-state index in [1.165, 1.54) is 0 Å². The van der Waals surface area contributed by atoms with Crippen molar-refractivity contribution in [3.05, 3.63) is 59.3 Å². The molecule has 0 fully saturated rings. The predicted molar refractivity (Wildman–Crippen MR) is 122 cm³/mol. The molecule has 3 aromatic rings. The Morgan fingerprint density at radius 2 is 2.12 bits per heavy atom. The first-order chi connectivity index (χ1) is 15.9. The van der Waals surface area contributed by atoms with Crippen LogP contribution in [0.2, 0.25) is 0 Å². The van der Waals surface area contributed by atoms with Crippen molar-refractivity contribution in [2.45, 2.75) is 31.5 Å². The maximum Gasteiger partial charge on any atom is 0.307 e. The van der Waals surface area contributed by atoms with Crippen LogP contribution in [0.5, 0.6) is 11.5 Å². The minimum Gasteiger partial charge on any atom is -0.490 e. The molecule has 33 heavy (non-hydrogen) atoms. The van der Waals surface area contributed by atoms with Crippen molar-refractivity contribution in [3.63, 3.8) is 0 Å². The molecule has 0 radical (unpaired) electrons. The highest BCUT2D eigenvalue weighted by Crippen LogP contribution is 2.29. The number of primary amides is 1. The van der Waals surface area contributed by atoms with Gasteiger partial charge in [-0.15, -0.1) is 0 Å². The first-order valence-corrected chi connectivity index (χ1v) is 10.8. The number of carboxylic acid groups (broad SMARTS) is 1. The molecule has 1 aliphatic heterocycles. The van der Waals surface area contributed by atoms with Crippen LogP contribution < -0.4 is 20.5 Å². The molecule has 2 heterocycles. The van der Waals surface area contributed by atoms with Crippen molar-refractivity contribution in [2.75, 3.05) is 19.7 Å². The summed E-state index contributed by atoms with van der Waals surface area (Å²) in [5.74, 6) is -0.0584. The van der Waals surface area contributed by atoms with Gasteiger partial charge in [0.2, 0.25) is 0 Å². The Hall–Kier alpha value is -3.56. The summed E-state index contributed by atoms with van der Waals surface area (Å²) in [5, 5.41) is 23.2.